The van der Waals surface area contributed by atoms with E-state index in [0.29, 0.717) is 17.0 Å². The number of nitrogens with one attached hydrogen (secondary N) is 1. The second-order valence-corrected chi connectivity index (χ2v) is 5.13. The third kappa shape index (κ3) is 4.57. The lowest BCUT2D eigenvalue weighted by molar-refractivity contribution is -0.123. The van der Waals surface area contributed by atoms with Crippen molar-refractivity contribution in [3.05, 3.63) is 59.7 Å². The van der Waals surface area contributed by atoms with Crippen molar-refractivity contribution >= 4 is 17.6 Å². The normalized spacial score (nSPS) is 11.4. The minimum Gasteiger partial charge on any atom is -0.497 e. The molecule has 1 atom stereocenters. The molecule has 120 valence electrons. The standard InChI is InChI=1S/C18H19NO4/c1-12-5-4-6-15(11-12)19-17(20)13(2)23-18(21)14-7-9-16(22-3)10-8-14/h4-11,13H,1-3H3,(H,19,20)/t13-/m1/s1. The lowest BCUT2D eigenvalue weighted by atomic mass is 10.2. The molecule has 5 nitrogen and oxygen atoms in total. The van der Waals surface area contributed by atoms with Crippen LogP contribution in [-0.4, -0.2) is 25.1 Å². The van der Waals surface area contributed by atoms with E-state index >= 15 is 0 Å². The van der Waals surface area contributed by atoms with Crippen LogP contribution >= 0.6 is 0 Å². The zero-order chi connectivity index (χ0) is 16.8. The second-order valence-electron chi connectivity index (χ2n) is 5.13. The van der Waals surface area contributed by atoms with Gasteiger partial charge < -0.3 is 14.8 Å². The quantitative estimate of drug-likeness (QED) is 0.861. The predicted octanol–water partition coefficient (Wildman–Crippen LogP) is 3.19. The molecule has 5 heteroatoms. The van der Waals surface area contributed by atoms with Crippen molar-refractivity contribution in [1.29, 1.82) is 0 Å². The number of carbonyl (C=O) groups excluding carboxylic acids is 2. The van der Waals surface area contributed by atoms with Crippen molar-refractivity contribution in [3.63, 3.8) is 0 Å². The van der Waals surface area contributed by atoms with Crippen molar-refractivity contribution in [1.82, 2.24) is 0 Å². The van der Waals surface area contributed by atoms with Crippen LogP contribution in [0.1, 0.15) is 22.8 Å². The number of esters is 1. The molecule has 0 aliphatic heterocycles. The molecule has 1 N–H and O–H groups in total. The summed E-state index contributed by atoms with van der Waals surface area (Å²) in [5.74, 6) is -0.288. The summed E-state index contributed by atoms with van der Waals surface area (Å²) >= 11 is 0. The Bertz CT molecular complexity index is 694. The SMILES string of the molecule is COc1ccc(C(=O)O[C@H](C)C(=O)Nc2cccc(C)c2)cc1. The van der Waals surface area contributed by atoms with E-state index in [-0.39, 0.29) is 5.91 Å². The summed E-state index contributed by atoms with van der Waals surface area (Å²) in [5, 5.41) is 2.72. The van der Waals surface area contributed by atoms with Gasteiger partial charge in [0.1, 0.15) is 5.75 Å². The van der Waals surface area contributed by atoms with E-state index in [9.17, 15) is 9.59 Å². The molecule has 0 saturated carbocycles. The van der Waals surface area contributed by atoms with Gasteiger partial charge in [0.05, 0.1) is 12.7 Å². The van der Waals surface area contributed by atoms with Gasteiger partial charge in [-0.25, -0.2) is 4.79 Å². The number of aryl methyl sites for hydroxylation is 1. The van der Waals surface area contributed by atoms with Crippen molar-refractivity contribution in [3.8, 4) is 5.75 Å². The van der Waals surface area contributed by atoms with Gasteiger partial charge in [0.2, 0.25) is 0 Å². The summed E-state index contributed by atoms with van der Waals surface area (Å²) in [6.45, 7) is 3.47. The molecule has 23 heavy (non-hydrogen) atoms. The van der Waals surface area contributed by atoms with Crippen LogP contribution < -0.4 is 10.1 Å². The molecule has 0 heterocycles. The Morgan fingerprint density at radius 2 is 1.78 bits per heavy atom. The van der Waals surface area contributed by atoms with Gasteiger partial charge >= 0.3 is 5.97 Å². The lowest BCUT2D eigenvalue weighted by Gasteiger charge is -2.14. The average molecular weight is 313 g/mol. The molecule has 0 unspecified atom stereocenters. The van der Waals surface area contributed by atoms with Gasteiger partial charge in [-0.3, -0.25) is 4.79 Å². The van der Waals surface area contributed by atoms with Crippen LogP contribution in [0.25, 0.3) is 0 Å². The van der Waals surface area contributed by atoms with E-state index in [1.165, 1.54) is 6.92 Å². The largest absolute Gasteiger partial charge is 0.497 e. The highest BCUT2D eigenvalue weighted by molar-refractivity contribution is 5.97. The van der Waals surface area contributed by atoms with Crippen molar-refractivity contribution in [2.45, 2.75) is 20.0 Å². The first kappa shape index (κ1) is 16.5. The summed E-state index contributed by atoms with van der Waals surface area (Å²) in [7, 11) is 1.55. The third-order valence-electron chi connectivity index (χ3n) is 3.26. The lowest BCUT2D eigenvalue weighted by Crippen LogP contribution is -2.30. The molecule has 2 aromatic carbocycles. The fourth-order valence-electron chi connectivity index (χ4n) is 1.98. The molecule has 0 bridgehead atoms. The molecule has 1 amide bonds. The number of carbonyl (C=O) groups is 2. The molecule has 0 spiro atoms. The van der Waals surface area contributed by atoms with Crippen LogP contribution in [0.4, 0.5) is 5.69 Å². The van der Waals surface area contributed by atoms with Gasteiger partial charge in [-0.1, -0.05) is 12.1 Å². The Labute approximate surface area is 135 Å². The minimum atomic E-state index is -0.898. The van der Waals surface area contributed by atoms with E-state index in [0.717, 1.165) is 5.56 Å². The van der Waals surface area contributed by atoms with Crippen LogP contribution in [-0.2, 0) is 9.53 Å². The van der Waals surface area contributed by atoms with E-state index in [1.54, 1.807) is 37.4 Å². The highest BCUT2D eigenvalue weighted by atomic mass is 16.5. The van der Waals surface area contributed by atoms with Crippen LogP contribution in [0.5, 0.6) is 5.75 Å². The maximum atomic E-state index is 12.1. The molecule has 2 aromatic rings. The first-order chi connectivity index (χ1) is 11.0. The van der Waals surface area contributed by atoms with Gasteiger partial charge in [-0.2, -0.15) is 0 Å². The van der Waals surface area contributed by atoms with Crippen LogP contribution in [0, 0.1) is 6.92 Å². The maximum Gasteiger partial charge on any atom is 0.338 e. The molecule has 0 radical (unpaired) electrons. The fraction of sp³-hybridized carbons (Fsp3) is 0.222. The molecular weight excluding hydrogens is 294 g/mol. The predicted molar refractivity (Wildman–Crippen MR) is 87.7 cm³/mol. The van der Waals surface area contributed by atoms with Gasteiger partial charge in [0.25, 0.3) is 5.91 Å². The Kier molecular flexibility index (Phi) is 5.36. The van der Waals surface area contributed by atoms with Gasteiger partial charge in [-0.15, -0.1) is 0 Å². The maximum absolute atomic E-state index is 12.1. The fourth-order valence-corrected chi connectivity index (χ4v) is 1.98. The summed E-state index contributed by atoms with van der Waals surface area (Å²) in [4.78, 5) is 24.1. The highest BCUT2D eigenvalue weighted by Crippen LogP contribution is 2.14. The topological polar surface area (TPSA) is 64.6 Å². The Morgan fingerprint density at radius 3 is 2.39 bits per heavy atom. The Balaban J connectivity index is 1.95. The molecule has 2 rings (SSSR count). The third-order valence-corrected chi connectivity index (χ3v) is 3.26. The van der Waals surface area contributed by atoms with E-state index in [4.69, 9.17) is 9.47 Å². The van der Waals surface area contributed by atoms with Crippen LogP contribution in [0.15, 0.2) is 48.5 Å². The van der Waals surface area contributed by atoms with E-state index in [1.807, 2.05) is 25.1 Å². The highest BCUT2D eigenvalue weighted by Gasteiger charge is 2.19. The molecule has 0 aliphatic rings. The number of rotatable bonds is 5. The summed E-state index contributed by atoms with van der Waals surface area (Å²) in [5.41, 5.74) is 2.06. The zero-order valence-electron chi connectivity index (χ0n) is 13.3. The second kappa shape index (κ2) is 7.45. The van der Waals surface area contributed by atoms with Crippen LogP contribution in [0.3, 0.4) is 0 Å². The summed E-state index contributed by atoms with van der Waals surface area (Å²) in [6.07, 6.45) is -0.898. The number of anilines is 1. The number of hydrogen-bond donors (Lipinski definition) is 1. The Morgan fingerprint density at radius 1 is 1.09 bits per heavy atom. The van der Waals surface area contributed by atoms with Crippen molar-refractivity contribution in [2.75, 3.05) is 12.4 Å². The minimum absolute atomic E-state index is 0.362. The number of ether oxygens (including phenoxy) is 2. The molecule has 0 saturated heterocycles. The zero-order valence-corrected chi connectivity index (χ0v) is 13.3. The molecule has 0 fully saturated rings. The number of methoxy groups -OCH3 is 1. The molecular formula is C18H19NO4. The number of hydrogen-bond acceptors (Lipinski definition) is 4. The van der Waals surface area contributed by atoms with Gasteiger partial charge in [0.15, 0.2) is 6.10 Å². The first-order valence-electron chi connectivity index (χ1n) is 7.22. The Hall–Kier alpha value is -2.82. The summed E-state index contributed by atoms with van der Waals surface area (Å²) < 4.78 is 10.2. The smallest absolute Gasteiger partial charge is 0.338 e. The average Bonchev–Trinajstić information content (AvgIpc) is 2.54. The molecule has 0 aliphatic carbocycles. The monoisotopic (exact) mass is 313 g/mol. The van der Waals surface area contributed by atoms with Crippen LogP contribution in [0.2, 0.25) is 0 Å². The number of amides is 1. The van der Waals surface area contributed by atoms with E-state index < -0.39 is 12.1 Å². The summed E-state index contributed by atoms with van der Waals surface area (Å²) in [6, 6.07) is 13.9. The van der Waals surface area contributed by atoms with Gasteiger partial charge in [-0.05, 0) is 55.8 Å². The van der Waals surface area contributed by atoms with E-state index in [2.05, 4.69) is 5.32 Å². The van der Waals surface area contributed by atoms with Crippen molar-refractivity contribution < 1.29 is 19.1 Å². The molecule has 0 aromatic heterocycles. The van der Waals surface area contributed by atoms with Gasteiger partial charge in [0, 0.05) is 5.69 Å². The van der Waals surface area contributed by atoms with Crippen molar-refractivity contribution in [2.24, 2.45) is 0 Å². The first-order valence-corrected chi connectivity index (χ1v) is 7.22. The number of benzene rings is 2.